The molecule has 1 aromatic heterocycles. The first-order chi connectivity index (χ1) is 18.9. The zero-order chi connectivity index (χ0) is 27.4. The monoisotopic (exact) mass is 564 g/mol. The molecule has 1 aliphatic rings. The molecule has 10 heteroatoms. The van der Waals surface area contributed by atoms with Gasteiger partial charge in [-0.05, 0) is 74.4 Å². The molecule has 0 aliphatic carbocycles. The number of ether oxygens (including phenoxy) is 2. The van der Waals surface area contributed by atoms with Crippen molar-refractivity contribution in [1.82, 2.24) is 15.1 Å². The van der Waals surface area contributed by atoms with Gasteiger partial charge in [-0.15, -0.1) is 0 Å². The van der Waals surface area contributed by atoms with E-state index in [2.05, 4.69) is 15.7 Å². The van der Waals surface area contributed by atoms with E-state index < -0.39 is 5.56 Å². The minimum atomic E-state index is -0.462. The first kappa shape index (κ1) is 26.7. The van der Waals surface area contributed by atoms with Crippen LogP contribution in [-0.2, 0) is 4.74 Å². The van der Waals surface area contributed by atoms with Crippen LogP contribution in [0.5, 0.6) is 11.5 Å². The zero-order valence-electron chi connectivity index (χ0n) is 21.1. The van der Waals surface area contributed by atoms with Crippen LogP contribution in [0.4, 0.5) is 11.4 Å². The normalized spacial score (nSPS) is 14.7. The fourth-order valence-corrected chi connectivity index (χ4v) is 4.42. The molecule has 0 saturated carbocycles. The van der Waals surface area contributed by atoms with Crippen molar-refractivity contribution in [3.05, 3.63) is 104 Å². The lowest BCUT2D eigenvalue weighted by atomic mass is 10.1. The van der Waals surface area contributed by atoms with Crippen LogP contribution in [0.2, 0.25) is 10.0 Å². The maximum Gasteiger partial charge on any atom is 0.299 e. The maximum absolute atomic E-state index is 13.6. The van der Waals surface area contributed by atoms with Gasteiger partial charge in [-0.1, -0.05) is 40.9 Å². The molecule has 2 heterocycles. The molecule has 0 radical (unpaired) electrons. The first-order valence-corrected chi connectivity index (χ1v) is 13.2. The number of halogens is 2. The van der Waals surface area contributed by atoms with Crippen LogP contribution < -0.4 is 20.9 Å². The zero-order valence-corrected chi connectivity index (χ0v) is 22.6. The van der Waals surface area contributed by atoms with Crippen molar-refractivity contribution < 1.29 is 14.3 Å². The Morgan fingerprint density at radius 2 is 1.85 bits per heavy atom. The lowest BCUT2D eigenvalue weighted by Crippen LogP contribution is -2.31. The van der Waals surface area contributed by atoms with Gasteiger partial charge in [-0.3, -0.25) is 9.59 Å². The van der Waals surface area contributed by atoms with E-state index in [4.69, 9.17) is 32.7 Å². The number of hydrogen-bond donors (Lipinski definition) is 2. The molecule has 200 valence electrons. The van der Waals surface area contributed by atoms with E-state index in [9.17, 15) is 9.59 Å². The third-order valence-corrected chi connectivity index (χ3v) is 7.01. The third kappa shape index (κ3) is 6.42. The molecule has 0 spiro atoms. The first-order valence-electron chi connectivity index (χ1n) is 12.5. The minimum Gasteiger partial charge on any atom is -0.453 e. The fourth-order valence-electron chi connectivity index (χ4n) is 4.13. The summed E-state index contributed by atoms with van der Waals surface area (Å²) in [5.74, 6) is 0.597. The lowest BCUT2D eigenvalue weighted by Gasteiger charge is -2.15. The van der Waals surface area contributed by atoms with Crippen molar-refractivity contribution in [1.29, 1.82) is 0 Å². The largest absolute Gasteiger partial charge is 0.453 e. The van der Waals surface area contributed by atoms with Gasteiger partial charge < -0.3 is 20.1 Å². The second kappa shape index (κ2) is 11.9. The number of nitrogens with zero attached hydrogens (tertiary/aromatic N) is 2. The summed E-state index contributed by atoms with van der Waals surface area (Å²) in [6.07, 6.45) is 3.48. The van der Waals surface area contributed by atoms with E-state index in [1.807, 2.05) is 31.2 Å². The smallest absolute Gasteiger partial charge is 0.299 e. The van der Waals surface area contributed by atoms with Crippen molar-refractivity contribution in [2.24, 2.45) is 0 Å². The highest BCUT2D eigenvalue weighted by Gasteiger charge is 2.18. The van der Waals surface area contributed by atoms with Gasteiger partial charge in [0, 0.05) is 24.4 Å². The van der Waals surface area contributed by atoms with Gasteiger partial charge in [0.25, 0.3) is 11.5 Å². The van der Waals surface area contributed by atoms with Gasteiger partial charge in [-0.2, -0.15) is 9.78 Å². The molecule has 3 aromatic carbocycles. The average molecular weight is 565 g/mol. The Morgan fingerprint density at radius 1 is 1.08 bits per heavy atom. The Hall–Kier alpha value is -3.85. The topological polar surface area (TPSA) is 94.5 Å². The summed E-state index contributed by atoms with van der Waals surface area (Å²) < 4.78 is 12.8. The van der Waals surface area contributed by atoms with Gasteiger partial charge >= 0.3 is 0 Å². The Morgan fingerprint density at radius 3 is 2.54 bits per heavy atom. The fraction of sp³-hybridized carbons (Fsp3) is 0.207. The summed E-state index contributed by atoms with van der Waals surface area (Å²) in [6, 6.07) is 19.1. The van der Waals surface area contributed by atoms with Crippen molar-refractivity contribution in [3.63, 3.8) is 0 Å². The molecule has 1 amide bonds. The molecular weight excluding hydrogens is 539 g/mol. The van der Waals surface area contributed by atoms with Crippen molar-refractivity contribution in [2.75, 3.05) is 18.5 Å². The van der Waals surface area contributed by atoms with Crippen LogP contribution in [0, 0.1) is 6.92 Å². The number of aryl methyl sites for hydroxylation is 1. The van der Waals surface area contributed by atoms with E-state index in [1.54, 1.807) is 42.5 Å². The van der Waals surface area contributed by atoms with Crippen LogP contribution >= 0.6 is 23.2 Å². The second-order valence-electron chi connectivity index (χ2n) is 9.16. The van der Waals surface area contributed by atoms with Crippen LogP contribution in [0.15, 0.2) is 77.7 Å². The van der Waals surface area contributed by atoms with E-state index in [0.717, 1.165) is 25.0 Å². The van der Waals surface area contributed by atoms with Crippen molar-refractivity contribution in [3.8, 4) is 17.2 Å². The van der Waals surface area contributed by atoms with Crippen LogP contribution in [0.25, 0.3) is 5.69 Å². The number of benzene rings is 3. The molecule has 5 rings (SSSR count). The number of carbonyl (C=O) groups excluding carboxylic acids is 1. The number of amides is 1. The number of nitrogens with one attached hydrogen (secondary N) is 2. The molecule has 0 unspecified atom stereocenters. The summed E-state index contributed by atoms with van der Waals surface area (Å²) in [4.78, 5) is 26.2. The van der Waals surface area contributed by atoms with Gasteiger partial charge in [0.1, 0.15) is 5.75 Å². The minimum absolute atomic E-state index is 0.0613. The van der Waals surface area contributed by atoms with Crippen LogP contribution in [0.1, 0.15) is 28.8 Å². The van der Waals surface area contributed by atoms with Gasteiger partial charge in [-0.25, -0.2) is 0 Å². The summed E-state index contributed by atoms with van der Waals surface area (Å²) in [5.41, 5.74) is 2.30. The molecule has 0 bridgehead atoms. The molecule has 4 aromatic rings. The SMILES string of the molecule is Cc1ccc(Oc2cnn(-c3ccc(Cl)c(Cl)c3)c(=O)c2Nc2ccc(C(=O)NC[C@H]3CCCO3)cc2)cc1. The molecule has 1 aliphatic heterocycles. The van der Waals surface area contributed by atoms with Crippen LogP contribution in [-0.4, -0.2) is 34.9 Å². The predicted molar refractivity (Wildman–Crippen MR) is 152 cm³/mol. The van der Waals surface area contributed by atoms with Gasteiger partial charge in [0.15, 0.2) is 11.4 Å². The molecule has 39 heavy (non-hydrogen) atoms. The average Bonchev–Trinajstić information content (AvgIpc) is 3.46. The standard InChI is InChI=1S/C29H26Cl2N4O4/c1-18-4-11-22(12-5-18)39-26-17-33-35(21-10-13-24(30)25(31)15-21)29(37)27(26)34-20-8-6-19(7-9-20)28(36)32-16-23-3-2-14-38-23/h4-13,15,17,23,34H,2-3,14,16H2,1H3,(H,32,36)/t23-/m1/s1. The van der Waals surface area contributed by atoms with Gasteiger partial charge in [0.2, 0.25) is 0 Å². The van der Waals surface area contributed by atoms with Crippen LogP contribution in [0.3, 0.4) is 0 Å². The summed E-state index contributed by atoms with van der Waals surface area (Å²) in [5, 5.41) is 11.0. The van der Waals surface area contributed by atoms with E-state index in [1.165, 1.54) is 10.9 Å². The number of hydrogen-bond acceptors (Lipinski definition) is 6. The van der Waals surface area contributed by atoms with Crippen molar-refractivity contribution >= 4 is 40.5 Å². The number of aromatic nitrogens is 2. The van der Waals surface area contributed by atoms with Crippen molar-refractivity contribution in [2.45, 2.75) is 25.9 Å². The Balaban J connectivity index is 1.42. The maximum atomic E-state index is 13.6. The third-order valence-electron chi connectivity index (χ3n) is 6.27. The molecule has 8 nitrogen and oxygen atoms in total. The highest BCUT2D eigenvalue weighted by Crippen LogP contribution is 2.30. The predicted octanol–water partition coefficient (Wildman–Crippen LogP) is 6.29. The second-order valence-corrected chi connectivity index (χ2v) is 9.98. The molecular formula is C29H26Cl2N4O4. The Labute approximate surface area is 235 Å². The van der Waals surface area contributed by atoms with E-state index in [-0.39, 0.29) is 23.4 Å². The summed E-state index contributed by atoms with van der Waals surface area (Å²) in [6.45, 7) is 3.19. The summed E-state index contributed by atoms with van der Waals surface area (Å²) in [7, 11) is 0. The van der Waals surface area contributed by atoms with E-state index in [0.29, 0.717) is 39.3 Å². The molecule has 1 atom stereocenters. The number of anilines is 2. The quantitative estimate of drug-likeness (QED) is 0.261. The molecule has 1 fully saturated rings. The molecule has 1 saturated heterocycles. The van der Waals surface area contributed by atoms with Gasteiger partial charge in [0.05, 0.1) is 28.0 Å². The Bertz CT molecular complexity index is 1530. The highest BCUT2D eigenvalue weighted by atomic mass is 35.5. The Kier molecular flexibility index (Phi) is 8.16. The number of carbonyl (C=O) groups is 1. The summed E-state index contributed by atoms with van der Waals surface area (Å²) >= 11 is 12.2. The molecule has 2 N–H and O–H groups in total. The number of rotatable bonds is 8. The van der Waals surface area contributed by atoms with E-state index >= 15 is 0 Å². The highest BCUT2D eigenvalue weighted by molar-refractivity contribution is 6.42. The lowest BCUT2D eigenvalue weighted by molar-refractivity contribution is 0.0858.